The van der Waals surface area contributed by atoms with E-state index in [9.17, 15) is 9.59 Å². The molecule has 8 heteroatoms. The van der Waals surface area contributed by atoms with E-state index < -0.39 is 6.04 Å². The van der Waals surface area contributed by atoms with Crippen molar-refractivity contribution in [3.8, 4) is 0 Å². The quantitative estimate of drug-likeness (QED) is 0.255. The highest BCUT2D eigenvalue weighted by atomic mass is 16.2. The van der Waals surface area contributed by atoms with Gasteiger partial charge in [-0.2, -0.15) is 5.10 Å². The lowest BCUT2D eigenvalue weighted by Gasteiger charge is -2.37. The molecule has 6 rings (SSSR count). The van der Waals surface area contributed by atoms with Crippen LogP contribution in [-0.4, -0.2) is 82.1 Å². The van der Waals surface area contributed by atoms with Gasteiger partial charge in [0.05, 0.1) is 6.20 Å². The van der Waals surface area contributed by atoms with Gasteiger partial charge in [-0.15, -0.1) is 0 Å². The molecule has 1 fully saturated rings. The summed E-state index contributed by atoms with van der Waals surface area (Å²) in [6.45, 7) is 7.55. The second-order valence-electron chi connectivity index (χ2n) is 12.5. The van der Waals surface area contributed by atoms with Crippen LogP contribution in [0.3, 0.4) is 0 Å². The fraction of sp³-hybridized carbons (Fsp3) is 0.342. The number of carbonyl (C=O) groups is 2. The van der Waals surface area contributed by atoms with Gasteiger partial charge < -0.3 is 19.6 Å². The second-order valence-corrected chi connectivity index (χ2v) is 12.5. The maximum atomic E-state index is 14.6. The molecule has 46 heavy (non-hydrogen) atoms. The number of piperazine rings is 1. The van der Waals surface area contributed by atoms with Crippen LogP contribution in [0.1, 0.15) is 33.5 Å². The van der Waals surface area contributed by atoms with Gasteiger partial charge in [-0.1, -0.05) is 66.7 Å². The molecular weight excluding hydrogens is 572 g/mol. The van der Waals surface area contributed by atoms with E-state index in [1.807, 2.05) is 61.3 Å². The van der Waals surface area contributed by atoms with Gasteiger partial charge in [0.25, 0.3) is 0 Å². The number of hydrogen-bond donors (Lipinski definition) is 0. The van der Waals surface area contributed by atoms with Gasteiger partial charge in [0, 0.05) is 82.3 Å². The number of likely N-dealkylation sites (N-methyl/N-ethyl adjacent to an activating group) is 1. The van der Waals surface area contributed by atoms with E-state index in [2.05, 4.69) is 64.4 Å². The lowest BCUT2D eigenvalue weighted by atomic mass is 9.97. The summed E-state index contributed by atoms with van der Waals surface area (Å²) < 4.78 is 1.79. The first kappa shape index (κ1) is 31.3. The fourth-order valence-electron chi connectivity index (χ4n) is 6.41. The van der Waals surface area contributed by atoms with Crippen molar-refractivity contribution in [3.05, 3.63) is 125 Å². The molecule has 1 aromatic heterocycles. The van der Waals surface area contributed by atoms with E-state index in [1.54, 1.807) is 21.9 Å². The van der Waals surface area contributed by atoms with Crippen molar-refractivity contribution in [1.29, 1.82) is 0 Å². The molecule has 4 aromatic rings. The van der Waals surface area contributed by atoms with Gasteiger partial charge in [0.1, 0.15) is 6.04 Å². The van der Waals surface area contributed by atoms with E-state index in [0.717, 1.165) is 55.0 Å². The van der Waals surface area contributed by atoms with Crippen LogP contribution in [0.15, 0.2) is 91.1 Å². The SMILES string of the molecule is Cc1c(/C=C/C(=O)N(Cc2ccc(N3CCN(C)CC3)cc2)[C@@H](Cc2ccccc2)C(=O)N2CCc3ccccc3C2)cnn1C. The molecule has 0 aliphatic carbocycles. The van der Waals surface area contributed by atoms with Crippen molar-refractivity contribution in [3.63, 3.8) is 0 Å². The zero-order chi connectivity index (χ0) is 32.0. The van der Waals surface area contributed by atoms with Crippen LogP contribution in [0, 0.1) is 6.92 Å². The molecule has 0 bridgehead atoms. The van der Waals surface area contributed by atoms with Crippen molar-refractivity contribution in [1.82, 2.24) is 24.5 Å². The van der Waals surface area contributed by atoms with Gasteiger partial charge in [-0.3, -0.25) is 14.3 Å². The molecule has 2 aliphatic heterocycles. The Morgan fingerprint density at radius 1 is 0.848 bits per heavy atom. The van der Waals surface area contributed by atoms with Crippen LogP contribution in [0.2, 0.25) is 0 Å². The van der Waals surface area contributed by atoms with Crippen LogP contribution >= 0.6 is 0 Å². The van der Waals surface area contributed by atoms with Crippen LogP contribution in [-0.2, 0) is 42.6 Å². The number of aryl methyl sites for hydroxylation is 1. The predicted octanol–water partition coefficient (Wildman–Crippen LogP) is 4.72. The summed E-state index contributed by atoms with van der Waals surface area (Å²) in [7, 11) is 4.05. The number of amides is 2. The molecule has 2 aliphatic rings. The maximum absolute atomic E-state index is 14.6. The van der Waals surface area contributed by atoms with E-state index in [0.29, 0.717) is 26.1 Å². The summed E-state index contributed by atoms with van der Waals surface area (Å²) in [6.07, 6.45) is 6.41. The van der Waals surface area contributed by atoms with Crippen molar-refractivity contribution in [2.75, 3.05) is 44.7 Å². The minimum absolute atomic E-state index is 0.0216. The Morgan fingerprint density at radius 2 is 1.54 bits per heavy atom. The van der Waals surface area contributed by atoms with Gasteiger partial charge in [-0.25, -0.2) is 0 Å². The van der Waals surface area contributed by atoms with Gasteiger partial charge in [-0.05, 0) is 60.9 Å². The Labute approximate surface area is 272 Å². The Balaban J connectivity index is 1.32. The summed E-state index contributed by atoms with van der Waals surface area (Å²) in [6, 6.07) is 26.2. The fourth-order valence-corrected chi connectivity index (χ4v) is 6.41. The molecule has 2 amide bonds. The zero-order valence-corrected chi connectivity index (χ0v) is 27.2. The van der Waals surface area contributed by atoms with Crippen molar-refractivity contribution < 1.29 is 9.59 Å². The second kappa shape index (κ2) is 14.2. The minimum atomic E-state index is -0.669. The number of anilines is 1. The molecule has 1 atom stereocenters. The molecule has 0 saturated carbocycles. The molecule has 3 aromatic carbocycles. The maximum Gasteiger partial charge on any atom is 0.247 e. The smallest absolute Gasteiger partial charge is 0.247 e. The molecule has 3 heterocycles. The monoisotopic (exact) mass is 616 g/mol. The van der Waals surface area contributed by atoms with E-state index in [4.69, 9.17) is 0 Å². The third kappa shape index (κ3) is 7.23. The van der Waals surface area contributed by atoms with Gasteiger partial charge >= 0.3 is 0 Å². The number of carbonyl (C=O) groups excluding carboxylic acids is 2. The Bertz CT molecular complexity index is 1670. The molecule has 1 saturated heterocycles. The van der Waals surface area contributed by atoms with Crippen molar-refractivity contribution >= 4 is 23.6 Å². The number of rotatable bonds is 9. The average molecular weight is 617 g/mol. The Morgan fingerprint density at radius 3 is 2.24 bits per heavy atom. The molecule has 0 radical (unpaired) electrons. The molecule has 0 N–H and O–H groups in total. The summed E-state index contributed by atoms with van der Waals surface area (Å²) >= 11 is 0. The third-order valence-electron chi connectivity index (χ3n) is 9.49. The third-order valence-corrected chi connectivity index (χ3v) is 9.49. The number of hydrogen-bond acceptors (Lipinski definition) is 5. The topological polar surface area (TPSA) is 64.9 Å². The summed E-state index contributed by atoms with van der Waals surface area (Å²) in [5.74, 6) is -0.218. The van der Waals surface area contributed by atoms with Crippen LogP contribution in [0.4, 0.5) is 5.69 Å². The highest BCUT2D eigenvalue weighted by Crippen LogP contribution is 2.24. The van der Waals surface area contributed by atoms with Gasteiger partial charge in [0.15, 0.2) is 0 Å². The zero-order valence-electron chi connectivity index (χ0n) is 27.2. The molecule has 8 nitrogen and oxygen atoms in total. The lowest BCUT2D eigenvalue weighted by Crippen LogP contribution is -2.52. The van der Waals surface area contributed by atoms with E-state index in [1.165, 1.54) is 16.8 Å². The summed E-state index contributed by atoms with van der Waals surface area (Å²) in [5.41, 5.74) is 7.51. The van der Waals surface area contributed by atoms with E-state index in [-0.39, 0.29) is 11.8 Å². The molecular formula is C38H44N6O2. The van der Waals surface area contributed by atoms with E-state index >= 15 is 0 Å². The highest BCUT2D eigenvalue weighted by molar-refractivity contribution is 5.96. The summed E-state index contributed by atoms with van der Waals surface area (Å²) in [4.78, 5) is 37.2. The highest BCUT2D eigenvalue weighted by Gasteiger charge is 2.34. The van der Waals surface area contributed by atoms with Crippen molar-refractivity contribution in [2.45, 2.75) is 38.9 Å². The predicted molar refractivity (Wildman–Crippen MR) is 183 cm³/mol. The van der Waals surface area contributed by atoms with Crippen LogP contribution in [0.25, 0.3) is 6.08 Å². The van der Waals surface area contributed by atoms with Crippen LogP contribution < -0.4 is 4.90 Å². The number of fused-ring (bicyclic) bond motifs is 1. The number of aromatic nitrogens is 2. The first-order valence-corrected chi connectivity index (χ1v) is 16.2. The lowest BCUT2D eigenvalue weighted by molar-refractivity contribution is -0.144. The molecule has 0 unspecified atom stereocenters. The van der Waals surface area contributed by atoms with Crippen molar-refractivity contribution in [2.24, 2.45) is 7.05 Å². The molecule has 0 spiro atoms. The van der Waals surface area contributed by atoms with Crippen LogP contribution in [0.5, 0.6) is 0 Å². The average Bonchev–Trinajstić information content (AvgIpc) is 3.42. The number of nitrogens with zero attached hydrogens (tertiary/aromatic N) is 6. The minimum Gasteiger partial charge on any atom is -0.369 e. The first-order valence-electron chi connectivity index (χ1n) is 16.2. The Kier molecular flexibility index (Phi) is 9.64. The molecule has 238 valence electrons. The summed E-state index contributed by atoms with van der Waals surface area (Å²) in [5, 5.41) is 4.33. The first-order chi connectivity index (χ1) is 22.4. The standard InChI is InChI=1S/C38H44N6O2/c1-29-33(26-39-41(29)3)15-18-37(45)44(27-31-13-16-35(17-14-31)42-23-21-40(2)22-24-42)36(25-30-9-5-4-6-10-30)38(46)43-20-19-32-11-7-8-12-34(32)28-43/h4-18,26,36H,19-25,27-28H2,1-3H3/b18-15+/t36-/m0/s1. The Hall–Kier alpha value is -4.69. The largest absolute Gasteiger partial charge is 0.369 e. The number of benzene rings is 3. The van der Waals surface area contributed by atoms with Gasteiger partial charge in [0.2, 0.25) is 11.8 Å². The normalized spacial score (nSPS) is 16.0.